The number of hydrogen-bond donors (Lipinski definition) is 1. The number of rotatable bonds is 3. The summed E-state index contributed by atoms with van der Waals surface area (Å²) in [5.41, 5.74) is 0. The first kappa shape index (κ1) is 14.1. The highest BCUT2D eigenvalue weighted by atomic mass is 16.5. The Bertz CT molecular complexity index is 342. The van der Waals surface area contributed by atoms with Crippen LogP contribution in [-0.2, 0) is 9.53 Å². The van der Waals surface area contributed by atoms with Crippen molar-refractivity contribution >= 4 is 12.0 Å². The molecule has 1 heterocycles. The molecule has 6 heteroatoms. The maximum Gasteiger partial charge on any atom is 0.328 e. The first-order chi connectivity index (χ1) is 9.15. The number of nitrogens with zero attached hydrogens (tertiary/aromatic N) is 2. The van der Waals surface area contributed by atoms with Crippen molar-refractivity contribution < 1.29 is 19.4 Å². The van der Waals surface area contributed by atoms with E-state index in [1.807, 2.05) is 11.8 Å². The molecule has 2 aliphatic rings. The normalized spacial score (nSPS) is 24.5. The first-order valence-corrected chi connectivity index (χ1v) is 7.03. The van der Waals surface area contributed by atoms with Gasteiger partial charge in [0.1, 0.15) is 0 Å². The highest BCUT2D eigenvalue weighted by Crippen LogP contribution is 2.25. The van der Waals surface area contributed by atoms with Crippen LogP contribution in [0, 0.1) is 0 Å². The maximum absolute atomic E-state index is 12.6. The Morgan fingerprint density at radius 2 is 2.05 bits per heavy atom. The Kier molecular flexibility index (Phi) is 4.63. The van der Waals surface area contributed by atoms with Gasteiger partial charge in [-0.05, 0) is 19.8 Å². The van der Waals surface area contributed by atoms with E-state index in [4.69, 9.17) is 4.74 Å². The van der Waals surface area contributed by atoms with Crippen molar-refractivity contribution in [1.82, 2.24) is 9.80 Å². The lowest BCUT2D eigenvalue weighted by molar-refractivity contribution is -0.147. The fraction of sp³-hybridized carbons (Fsp3) is 0.846. The van der Waals surface area contributed by atoms with Crippen LogP contribution in [0.25, 0.3) is 0 Å². The van der Waals surface area contributed by atoms with Crippen molar-refractivity contribution in [1.29, 1.82) is 0 Å². The minimum absolute atomic E-state index is 0.0866. The van der Waals surface area contributed by atoms with Crippen molar-refractivity contribution in [2.75, 3.05) is 26.3 Å². The summed E-state index contributed by atoms with van der Waals surface area (Å²) < 4.78 is 5.17. The molecule has 0 spiro atoms. The predicted octanol–water partition coefficient (Wildman–Crippen LogP) is 1.16. The van der Waals surface area contributed by atoms with Gasteiger partial charge in [0.25, 0.3) is 0 Å². The molecular weight excluding hydrogens is 248 g/mol. The predicted molar refractivity (Wildman–Crippen MR) is 69.0 cm³/mol. The van der Waals surface area contributed by atoms with E-state index in [-0.39, 0.29) is 18.7 Å². The third-order valence-electron chi connectivity index (χ3n) is 4.01. The fourth-order valence-corrected chi connectivity index (χ4v) is 2.97. The molecule has 1 saturated heterocycles. The molecule has 1 saturated carbocycles. The minimum Gasteiger partial charge on any atom is -0.480 e. The summed E-state index contributed by atoms with van der Waals surface area (Å²) in [6, 6.07) is -0.725. The van der Waals surface area contributed by atoms with E-state index in [0.29, 0.717) is 19.7 Å². The number of urea groups is 1. The second-order valence-electron chi connectivity index (χ2n) is 5.13. The number of amides is 2. The summed E-state index contributed by atoms with van der Waals surface area (Å²) in [5.74, 6) is -0.990. The van der Waals surface area contributed by atoms with Crippen molar-refractivity contribution in [3.63, 3.8) is 0 Å². The molecule has 2 amide bonds. The smallest absolute Gasteiger partial charge is 0.328 e. The van der Waals surface area contributed by atoms with Gasteiger partial charge in [0.05, 0.1) is 13.2 Å². The van der Waals surface area contributed by atoms with Gasteiger partial charge in [-0.2, -0.15) is 0 Å². The molecular formula is C13H22N2O4. The lowest BCUT2D eigenvalue weighted by Crippen LogP contribution is -2.57. The molecule has 1 unspecified atom stereocenters. The molecule has 2 fully saturated rings. The summed E-state index contributed by atoms with van der Waals surface area (Å²) in [4.78, 5) is 27.1. The molecule has 19 heavy (non-hydrogen) atoms. The van der Waals surface area contributed by atoms with Crippen LogP contribution in [0.1, 0.15) is 32.6 Å². The van der Waals surface area contributed by atoms with Gasteiger partial charge >= 0.3 is 12.0 Å². The Morgan fingerprint density at radius 1 is 1.37 bits per heavy atom. The molecule has 0 aromatic rings. The van der Waals surface area contributed by atoms with Crippen molar-refractivity contribution in [2.45, 2.75) is 44.7 Å². The van der Waals surface area contributed by atoms with Crippen LogP contribution in [-0.4, -0.2) is 65.3 Å². The Morgan fingerprint density at radius 3 is 2.63 bits per heavy atom. The summed E-state index contributed by atoms with van der Waals surface area (Å²) in [6.45, 7) is 3.44. The van der Waals surface area contributed by atoms with Crippen LogP contribution >= 0.6 is 0 Å². The van der Waals surface area contributed by atoms with Crippen molar-refractivity contribution in [3.8, 4) is 0 Å². The summed E-state index contributed by atoms with van der Waals surface area (Å²) in [7, 11) is 0. The van der Waals surface area contributed by atoms with Crippen LogP contribution in [0.4, 0.5) is 4.79 Å². The van der Waals surface area contributed by atoms with E-state index in [0.717, 1.165) is 25.7 Å². The largest absolute Gasteiger partial charge is 0.480 e. The molecule has 0 radical (unpaired) electrons. The average molecular weight is 270 g/mol. The summed E-state index contributed by atoms with van der Waals surface area (Å²) in [6.07, 6.45) is 4.36. The topological polar surface area (TPSA) is 70.1 Å². The van der Waals surface area contributed by atoms with Gasteiger partial charge in [-0.25, -0.2) is 9.59 Å². The quantitative estimate of drug-likeness (QED) is 0.835. The number of carbonyl (C=O) groups is 2. The summed E-state index contributed by atoms with van der Waals surface area (Å²) in [5, 5.41) is 9.18. The highest BCUT2D eigenvalue weighted by molar-refractivity contribution is 5.83. The minimum atomic E-state index is -0.990. The molecule has 0 aromatic carbocycles. The van der Waals surface area contributed by atoms with Crippen molar-refractivity contribution in [2.24, 2.45) is 0 Å². The number of morpholine rings is 1. The van der Waals surface area contributed by atoms with Gasteiger partial charge in [-0.1, -0.05) is 12.8 Å². The number of carbonyl (C=O) groups excluding carboxylic acids is 1. The standard InChI is InChI=1S/C13H22N2O4/c1-2-14(10-5-3-4-6-10)13(18)15-7-8-19-9-11(15)12(16)17/h10-11H,2-9H2,1H3,(H,16,17). The van der Waals surface area contributed by atoms with E-state index in [1.54, 1.807) is 0 Å². The Hall–Kier alpha value is -1.30. The Balaban J connectivity index is 2.08. The Labute approximate surface area is 113 Å². The number of carboxylic acids is 1. The molecule has 6 nitrogen and oxygen atoms in total. The van der Waals surface area contributed by atoms with Crippen LogP contribution in [0.2, 0.25) is 0 Å². The number of ether oxygens (including phenoxy) is 1. The molecule has 0 bridgehead atoms. The molecule has 108 valence electrons. The SMILES string of the molecule is CCN(C(=O)N1CCOCC1C(=O)O)C1CCCC1. The second-order valence-corrected chi connectivity index (χ2v) is 5.13. The number of carboxylic acid groups (broad SMARTS) is 1. The number of aliphatic carboxylic acids is 1. The van der Waals surface area contributed by atoms with E-state index in [1.165, 1.54) is 4.90 Å². The second kappa shape index (κ2) is 6.23. The number of hydrogen-bond acceptors (Lipinski definition) is 3. The molecule has 2 rings (SSSR count). The van der Waals surface area contributed by atoms with E-state index in [9.17, 15) is 14.7 Å². The summed E-state index contributed by atoms with van der Waals surface area (Å²) >= 11 is 0. The zero-order valence-electron chi connectivity index (χ0n) is 11.4. The lowest BCUT2D eigenvalue weighted by Gasteiger charge is -2.38. The van der Waals surface area contributed by atoms with Crippen LogP contribution in [0.3, 0.4) is 0 Å². The average Bonchev–Trinajstić information content (AvgIpc) is 2.93. The van der Waals surface area contributed by atoms with Crippen LogP contribution < -0.4 is 0 Å². The van der Waals surface area contributed by atoms with E-state index in [2.05, 4.69) is 0 Å². The van der Waals surface area contributed by atoms with Crippen LogP contribution in [0.5, 0.6) is 0 Å². The third kappa shape index (κ3) is 3.00. The third-order valence-corrected chi connectivity index (χ3v) is 4.01. The molecule has 0 aromatic heterocycles. The van der Waals surface area contributed by atoms with E-state index < -0.39 is 12.0 Å². The monoisotopic (exact) mass is 270 g/mol. The van der Waals surface area contributed by atoms with Gasteiger partial charge in [0.15, 0.2) is 6.04 Å². The van der Waals surface area contributed by atoms with Gasteiger partial charge < -0.3 is 19.6 Å². The maximum atomic E-state index is 12.6. The molecule has 1 atom stereocenters. The fourth-order valence-electron chi connectivity index (χ4n) is 2.97. The zero-order chi connectivity index (χ0) is 13.8. The van der Waals surface area contributed by atoms with Gasteiger partial charge in [0.2, 0.25) is 0 Å². The molecule has 1 aliphatic heterocycles. The van der Waals surface area contributed by atoms with Gasteiger partial charge in [-0.3, -0.25) is 0 Å². The highest BCUT2D eigenvalue weighted by Gasteiger charge is 2.37. The van der Waals surface area contributed by atoms with Gasteiger partial charge in [0, 0.05) is 19.1 Å². The lowest BCUT2D eigenvalue weighted by atomic mass is 10.2. The van der Waals surface area contributed by atoms with Crippen molar-refractivity contribution in [3.05, 3.63) is 0 Å². The molecule has 1 N–H and O–H groups in total. The van der Waals surface area contributed by atoms with Crippen LogP contribution in [0.15, 0.2) is 0 Å². The van der Waals surface area contributed by atoms with E-state index >= 15 is 0 Å². The van der Waals surface area contributed by atoms with Gasteiger partial charge in [-0.15, -0.1) is 0 Å². The molecule has 1 aliphatic carbocycles. The zero-order valence-corrected chi connectivity index (χ0v) is 11.4. The first-order valence-electron chi connectivity index (χ1n) is 7.03.